The van der Waals surface area contributed by atoms with Gasteiger partial charge < -0.3 is 9.47 Å². The van der Waals surface area contributed by atoms with Crippen LogP contribution in [0.2, 0.25) is 0 Å². The van der Waals surface area contributed by atoms with E-state index >= 15 is 0 Å². The van der Waals surface area contributed by atoms with Crippen LogP contribution >= 0.6 is 0 Å². The van der Waals surface area contributed by atoms with Gasteiger partial charge in [-0.25, -0.2) is 0 Å². The van der Waals surface area contributed by atoms with Gasteiger partial charge in [-0.1, -0.05) is 0 Å². The molecule has 2 aliphatic heterocycles. The molecule has 2 fully saturated rings. The quantitative estimate of drug-likeness (QED) is 0.643. The highest BCUT2D eigenvalue weighted by molar-refractivity contribution is 5.73. The number of nitrogens with zero attached hydrogens (tertiary/aromatic N) is 1. The molecule has 2 heterocycles. The maximum Gasteiger partial charge on any atom is 0.309 e. The van der Waals surface area contributed by atoms with E-state index in [1.54, 1.807) is 0 Å². The number of cyclic esters (lactones) is 1. The third-order valence-corrected chi connectivity index (χ3v) is 3.17. The molecule has 0 amide bonds. The highest BCUT2D eigenvalue weighted by Gasteiger charge is 2.25. The first kappa shape index (κ1) is 10.9. The molecule has 2 aliphatic rings. The molecule has 0 aliphatic carbocycles. The molecule has 86 valence electrons. The van der Waals surface area contributed by atoms with Crippen molar-refractivity contribution in [3.63, 3.8) is 0 Å². The van der Waals surface area contributed by atoms with Gasteiger partial charge in [0.15, 0.2) is 0 Å². The van der Waals surface area contributed by atoms with Crippen LogP contribution in [-0.4, -0.2) is 50.3 Å². The fourth-order valence-corrected chi connectivity index (χ4v) is 2.19. The van der Waals surface area contributed by atoms with Crippen LogP contribution in [0.5, 0.6) is 0 Å². The number of carbonyl (C=O) groups excluding carboxylic acids is 1. The summed E-state index contributed by atoms with van der Waals surface area (Å²) in [6.45, 7) is 5.50. The van der Waals surface area contributed by atoms with Crippen LogP contribution in [0, 0.1) is 5.92 Å². The monoisotopic (exact) mass is 213 g/mol. The van der Waals surface area contributed by atoms with Crippen molar-refractivity contribution in [2.75, 3.05) is 39.5 Å². The first-order valence-corrected chi connectivity index (χ1v) is 5.83. The van der Waals surface area contributed by atoms with Crippen LogP contribution in [0.4, 0.5) is 0 Å². The standard InChI is InChI=1S/C11H19NO3/c13-11-10(3-7-15-11)2-1-4-12-5-8-14-9-6-12/h10H,1-9H2. The molecule has 4 heteroatoms. The van der Waals surface area contributed by atoms with E-state index in [4.69, 9.17) is 9.47 Å². The average molecular weight is 213 g/mol. The molecule has 1 unspecified atom stereocenters. The number of hydrogen-bond acceptors (Lipinski definition) is 4. The molecular weight excluding hydrogens is 194 g/mol. The minimum atomic E-state index is 0.0111. The predicted molar refractivity (Wildman–Crippen MR) is 55.6 cm³/mol. The lowest BCUT2D eigenvalue weighted by atomic mass is 10.0. The molecule has 1 atom stereocenters. The van der Waals surface area contributed by atoms with Crippen LogP contribution in [-0.2, 0) is 14.3 Å². The Labute approximate surface area is 90.5 Å². The zero-order chi connectivity index (χ0) is 10.5. The Morgan fingerprint density at radius 1 is 1.27 bits per heavy atom. The fourth-order valence-electron chi connectivity index (χ4n) is 2.19. The molecule has 4 nitrogen and oxygen atoms in total. The number of rotatable bonds is 4. The molecule has 0 spiro atoms. The lowest BCUT2D eigenvalue weighted by Gasteiger charge is -2.26. The maximum absolute atomic E-state index is 11.2. The van der Waals surface area contributed by atoms with Gasteiger partial charge in [-0.3, -0.25) is 9.69 Å². The molecule has 0 radical (unpaired) electrons. The molecule has 15 heavy (non-hydrogen) atoms. The fraction of sp³-hybridized carbons (Fsp3) is 0.909. The number of morpholine rings is 1. The number of hydrogen-bond donors (Lipinski definition) is 0. The van der Waals surface area contributed by atoms with Gasteiger partial charge >= 0.3 is 5.97 Å². The van der Waals surface area contributed by atoms with Gasteiger partial charge in [0.1, 0.15) is 0 Å². The summed E-state index contributed by atoms with van der Waals surface area (Å²) in [6, 6.07) is 0. The third kappa shape index (κ3) is 3.18. The maximum atomic E-state index is 11.2. The summed E-state index contributed by atoms with van der Waals surface area (Å²) < 4.78 is 10.2. The number of esters is 1. The van der Waals surface area contributed by atoms with E-state index in [0.717, 1.165) is 52.1 Å². The van der Waals surface area contributed by atoms with Crippen LogP contribution in [0.3, 0.4) is 0 Å². The van der Waals surface area contributed by atoms with Gasteiger partial charge in [-0.05, 0) is 25.8 Å². The largest absolute Gasteiger partial charge is 0.465 e. The molecule has 2 rings (SSSR count). The average Bonchev–Trinajstić information content (AvgIpc) is 2.66. The first-order chi connectivity index (χ1) is 7.36. The molecule has 0 N–H and O–H groups in total. The van der Waals surface area contributed by atoms with Gasteiger partial charge in [0, 0.05) is 13.1 Å². The Kier molecular flexibility index (Phi) is 3.97. The summed E-state index contributed by atoms with van der Waals surface area (Å²) in [5, 5.41) is 0. The predicted octanol–water partition coefficient (Wildman–Crippen LogP) is 0.662. The normalized spacial score (nSPS) is 28.0. The summed E-state index contributed by atoms with van der Waals surface area (Å²) >= 11 is 0. The molecule has 2 saturated heterocycles. The van der Waals surface area contributed by atoms with Crippen LogP contribution in [0.1, 0.15) is 19.3 Å². The van der Waals surface area contributed by atoms with Crippen molar-refractivity contribution in [1.82, 2.24) is 4.90 Å². The lowest BCUT2D eigenvalue weighted by Crippen LogP contribution is -2.37. The molecular formula is C11H19NO3. The van der Waals surface area contributed by atoms with E-state index in [2.05, 4.69) is 4.90 Å². The lowest BCUT2D eigenvalue weighted by molar-refractivity contribution is -0.141. The molecule has 0 aromatic rings. The summed E-state index contributed by atoms with van der Waals surface area (Å²) in [4.78, 5) is 13.6. The Morgan fingerprint density at radius 3 is 2.73 bits per heavy atom. The van der Waals surface area contributed by atoms with Crippen molar-refractivity contribution in [2.45, 2.75) is 19.3 Å². The molecule has 0 aromatic carbocycles. The van der Waals surface area contributed by atoms with Crippen molar-refractivity contribution in [3.8, 4) is 0 Å². The first-order valence-electron chi connectivity index (χ1n) is 5.83. The number of ether oxygens (including phenoxy) is 2. The van der Waals surface area contributed by atoms with Crippen LogP contribution < -0.4 is 0 Å². The van der Waals surface area contributed by atoms with Gasteiger partial charge in [-0.15, -0.1) is 0 Å². The summed E-state index contributed by atoms with van der Waals surface area (Å²) in [7, 11) is 0. The van der Waals surface area contributed by atoms with E-state index in [9.17, 15) is 4.79 Å². The SMILES string of the molecule is O=C1OCCC1CCCN1CCOCC1. The summed E-state index contributed by atoms with van der Waals surface area (Å²) in [5.74, 6) is 0.183. The van der Waals surface area contributed by atoms with E-state index in [1.165, 1.54) is 0 Å². The Balaban J connectivity index is 1.59. The summed E-state index contributed by atoms with van der Waals surface area (Å²) in [6.07, 6.45) is 3.00. The van der Waals surface area contributed by atoms with Crippen molar-refractivity contribution < 1.29 is 14.3 Å². The van der Waals surface area contributed by atoms with Crippen molar-refractivity contribution >= 4 is 5.97 Å². The second-order valence-electron chi connectivity index (χ2n) is 4.25. The van der Waals surface area contributed by atoms with Gasteiger partial charge in [-0.2, -0.15) is 0 Å². The van der Waals surface area contributed by atoms with E-state index in [1.807, 2.05) is 0 Å². The Hall–Kier alpha value is -0.610. The highest BCUT2D eigenvalue weighted by Crippen LogP contribution is 2.19. The van der Waals surface area contributed by atoms with Crippen molar-refractivity contribution in [2.24, 2.45) is 5.92 Å². The van der Waals surface area contributed by atoms with Gasteiger partial charge in [0.2, 0.25) is 0 Å². The highest BCUT2D eigenvalue weighted by atomic mass is 16.5. The Morgan fingerprint density at radius 2 is 2.07 bits per heavy atom. The zero-order valence-corrected chi connectivity index (χ0v) is 9.11. The summed E-state index contributed by atoms with van der Waals surface area (Å²) in [5.41, 5.74) is 0. The minimum Gasteiger partial charge on any atom is -0.465 e. The molecule has 0 bridgehead atoms. The van der Waals surface area contributed by atoms with E-state index in [0.29, 0.717) is 6.61 Å². The van der Waals surface area contributed by atoms with Crippen LogP contribution in [0.25, 0.3) is 0 Å². The Bertz CT molecular complexity index is 214. The number of carbonyl (C=O) groups is 1. The smallest absolute Gasteiger partial charge is 0.309 e. The second-order valence-corrected chi connectivity index (χ2v) is 4.25. The molecule has 0 saturated carbocycles. The third-order valence-electron chi connectivity index (χ3n) is 3.17. The molecule has 0 aromatic heterocycles. The van der Waals surface area contributed by atoms with E-state index < -0.39 is 0 Å². The van der Waals surface area contributed by atoms with Crippen molar-refractivity contribution in [3.05, 3.63) is 0 Å². The topological polar surface area (TPSA) is 38.8 Å². The van der Waals surface area contributed by atoms with E-state index in [-0.39, 0.29) is 11.9 Å². The van der Waals surface area contributed by atoms with Gasteiger partial charge in [0.25, 0.3) is 0 Å². The van der Waals surface area contributed by atoms with Crippen LogP contribution in [0.15, 0.2) is 0 Å². The second kappa shape index (κ2) is 5.47. The van der Waals surface area contributed by atoms with Crippen molar-refractivity contribution in [1.29, 1.82) is 0 Å². The minimum absolute atomic E-state index is 0.0111. The zero-order valence-electron chi connectivity index (χ0n) is 9.11. The van der Waals surface area contributed by atoms with Gasteiger partial charge in [0.05, 0.1) is 25.7 Å².